The molecule has 31 heavy (non-hydrogen) atoms. The lowest BCUT2D eigenvalue weighted by Crippen LogP contribution is -2.37. The topological polar surface area (TPSA) is 90.3 Å². The van der Waals surface area contributed by atoms with Gasteiger partial charge in [-0.1, -0.05) is 36.4 Å². The van der Waals surface area contributed by atoms with Gasteiger partial charge < -0.3 is 10.1 Å². The molecule has 7 heteroatoms. The smallest absolute Gasteiger partial charge is 0.408 e. The Balaban J connectivity index is 2.21. The van der Waals surface area contributed by atoms with Crippen LogP contribution in [0.1, 0.15) is 45.1 Å². The minimum Gasteiger partial charge on any atom is -0.444 e. The van der Waals surface area contributed by atoms with Crippen LogP contribution in [0.5, 0.6) is 0 Å². The molecule has 0 unspecified atom stereocenters. The molecule has 1 heterocycles. The van der Waals surface area contributed by atoms with E-state index in [2.05, 4.69) is 5.32 Å². The second kappa shape index (κ2) is 8.95. The zero-order chi connectivity index (χ0) is 22.6. The Labute approximate surface area is 180 Å². The first-order valence-electron chi connectivity index (χ1n) is 9.93. The molecule has 0 aliphatic carbocycles. The summed E-state index contributed by atoms with van der Waals surface area (Å²) in [5.74, 6) is 0.367. The first kappa shape index (κ1) is 22.0. The minimum absolute atomic E-state index is 0.296. The lowest BCUT2D eigenvalue weighted by atomic mass is 10.1. The molecule has 7 nitrogen and oxygen atoms in total. The molecule has 160 valence electrons. The molecular weight excluding hydrogens is 394 g/mol. The number of alkyl carbamates (subject to hydrolysis) is 1. The summed E-state index contributed by atoms with van der Waals surface area (Å²) < 4.78 is 6.82. The number of carbonyl (C=O) groups excluding carboxylic acids is 2. The number of para-hydroxylation sites is 1. The number of ether oxygens (including phenoxy) is 1. The second-order valence-electron chi connectivity index (χ2n) is 8.05. The summed E-state index contributed by atoms with van der Waals surface area (Å²) in [5.41, 5.74) is 0.725. The summed E-state index contributed by atoms with van der Waals surface area (Å²) in [6.45, 7) is 7.08. The predicted octanol–water partition coefficient (Wildman–Crippen LogP) is 4.18. The van der Waals surface area contributed by atoms with Gasteiger partial charge in [-0.05, 0) is 57.5 Å². The third-order valence-corrected chi connectivity index (χ3v) is 4.45. The number of allylic oxidation sites excluding steroid dienone is 1. The van der Waals surface area contributed by atoms with Gasteiger partial charge in [-0.15, -0.1) is 0 Å². The lowest BCUT2D eigenvalue weighted by molar-refractivity contribution is -0.104. The van der Waals surface area contributed by atoms with Crippen LogP contribution in [0.25, 0.3) is 22.7 Å². The summed E-state index contributed by atoms with van der Waals surface area (Å²) in [7, 11) is 0. The Morgan fingerprint density at radius 2 is 1.84 bits per heavy atom. The van der Waals surface area contributed by atoms with E-state index in [9.17, 15) is 14.4 Å². The van der Waals surface area contributed by atoms with E-state index in [1.165, 1.54) is 10.6 Å². The largest absolute Gasteiger partial charge is 0.444 e. The maximum absolute atomic E-state index is 13.6. The third-order valence-electron chi connectivity index (χ3n) is 4.45. The van der Waals surface area contributed by atoms with Crippen molar-refractivity contribution < 1.29 is 14.3 Å². The number of fused-ring (bicyclic) bond motifs is 1. The van der Waals surface area contributed by atoms with Crippen LogP contribution in [0.15, 0.2) is 59.4 Å². The first-order chi connectivity index (χ1) is 14.7. The van der Waals surface area contributed by atoms with E-state index >= 15 is 0 Å². The molecule has 3 aromatic rings. The molecule has 2 aromatic carbocycles. The average molecular weight is 419 g/mol. The molecule has 0 aliphatic heterocycles. The normalized spacial score (nSPS) is 12.6. The van der Waals surface area contributed by atoms with Crippen molar-refractivity contribution in [3.05, 3.63) is 76.3 Å². The lowest BCUT2D eigenvalue weighted by Gasteiger charge is -2.23. The van der Waals surface area contributed by atoms with E-state index in [-0.39, 0.29) is 5.56 Å². The van der Waals surface area contributed by atoms with Gasteiger partial charge in [0.1, 0.15) is 17.7 Å². The Morgan fingerprint density at radius 1 is 1.13 bits per heavy atom. The van der Waals surface area contributed by atoms with E-state index in [0.29, 0.717) is 34.3 Å². The monoisotopic (exact) mass is 419 g/mol. The predicted molar refractivity (Wildman–Crippen MR) is 120 cm³/mol. The molecule has 1 atom stereocenters. The maximum atomic E-state index is 13.6. The van der Waals surface area contributed by atoms with Crippen LogP contribution in [0.3, 0.4) is 0 Å². The number of carbonyl (C=O) groups is 2. The van der Waals surface area contributed by atoms with Gasteiger partial charge in [-0.25, -0.2) is 9.78 Å². The Bertz CT molecular complexity index is 1190. The molecule has 0 saturated heterocycles. The molecule has 1 N–H and O–H groups in total. The fraction of sp³-hybridized carbons (Fsp3) is 0.250. The first-order valence-corrected chi connectivity index (χ1v) is 9.93. The van der Waals surface area contributed by atoms with Crippen LogP contribution in [-0.4, -0.2) is 27.5 Å². The summed E-state index contributed by atoms with van der Waals surface area (Å²) in [6, 6.07) is 13.7. The molecule has 3 rings (SSSR count). The van der Waals surface area contributed by atoms with Gasteiger partial charge in [0, 0.05) is 0 Å². The number of hydrogen-bond acceptors (Lipinski definition) is 5. The Hall–Kier alpha value is -3.74. The van der Waals surface area contributed by atoms with Crippen molar-refractivity contribution in [1.29, 1.82) is 0 Å². The molecule has 0 fully saturated rings. The van der Waals surface area contributed by atoms with Gasteiger partial charge in [0.2, 0.25) is 0 Å². The zero-order valence-corrected chi connectivity index (χ0v) is 18.0. The van der Waals surface area contributed by atoms with Crippen molar-refractivity contribution in [2.24, 2.45) is 0 Å². The molecule has 0 radical (unpaired) electrons. The highest BCUT2D eigenvalue weighted by atomic mass is 16.6. The van der Waals surface area contributed by atoms with Gasteiger partial charge in [0.05, 0.1) is 22.6 Å². The number of aldehydes is 1. The number of aromatic nitrogens is 2. The number of amides is 1. The van der Waals surface area contributed by atoms with Crippen LogP contribution in [0.2, 0.25) is 0 Å². The number of hydrogen-bond donors (Lipinski definition) is 1. The zero-order valence-electron chi connectivity index (χ0n) is 18.0. The van der Waals surface area contributed by atoms with E-state index in [0.717, 1.165) is 0 Å². The fourth-order valence-electron chi connectivity index (χ4n) is 3.22. The van der Waals surface area contributed by atoms with Gasteiger partial charge in [-0.3, -0.25) is 14.2 Å². The second-order valence-corrected chi connectivity index (χ2v) is 8.05. The SMILES string of the molecule is C[C@H](NC(=O)OC(C)(C)C)c1nc2cccc(/C=C/C=O)c2c(=O)n1-c1ccccc1. The molecule has 0 saturated carbocycles. The van der Waals surface area contributed by atoms with Crippen molar-refractivity contribution in [3.63, 3.8) is 0 Å². The average Bonchev–Trinajstić information content (AvgIpc) is 2.71. The minimum atomic E-state index is -0.653. The highest BCUT2D eigenvalue weighted by molar-refractivity contribution is 5.89. The van der Waals surface area contributed by atoms with Crippen molar-refractivity contribution in [2.75, 3.05) is 0 Å². The van der Waals surface area contributed by atoms with Crippen molar-refractivity contribution in [2.45, 2.75) is 39.3 Å². The molecule has 0 spiro atoms. The number of benzene rings is 2. The van der Waals surface area contributed by atoms with E-state index in [1.54, 1.807) is 64.1 Å². The van der Waals surface area contributed by atoms with Gasteiger partial charge in [0.15, 0.2) is 0 Å². The Morgan fingerprint density at radius 3 is 2.48 bits per heavy atom. The summed E-state index contributed by atoms with van der Waals surface area (Å²) in [6.07, 6.45) is 2.97. The molecule has 0 aliphatic rings. The number of nitrogens with zero attached hydrogens (tertiary/aromatic N) is 2. The van der Waals surface area contributed by atoms with Crippen LogP contribution >= 0.6 is 0 Å². The fourth-order valence-corrected chi connectivity index (χ4v) is 3.22. The summed E-state index contributed by atoms with van der Waals surface area (Å²) in [5, 5.41) is 3.15. The van der Waals surface area contributed by atoms with Crippen molar-refractivity contribution >= 4 is 29.4 Å². The highest BCUT2D eigenvalue weighted by Crippen LogP contribution is 2.21. The standard InChI is InChI=1S/C24H25N3O4/c1-16(25-23(30)31-24(2,3)4)21-26-19-14-8-10-17(11-9-15-28)20(19)22(29)27(21)18-12-6-5-7-13-18/h5-16H,1-4H3,(H,25,30)/b11-9+/t16-/m0/s1. The molecule has 1 amide bonds. The number of rotatable bonds is 5. The van der Waals surface area contributed by atoms with E-state index < -0.39 is 17.7 Å². The summed E-state index contributed by atoms with van der Waals surface area (Å²) in [4.78, 5) is 41.4. The van der Waals surface area contributed by atoms with Gasteiger partial charge >= 0.3 is 6.09 Å². The summed E-state index contributed by atoms with van der Waals surface area (Å²) >= 11 is 0. The number of nitrogens with one attached hydrogen (secondary N) is 1. The van der Waals surface area contributed by atoms with Crippen LogP contribution in [-0.2, 0) is 9.53 Å². The van der Waals surface area contributed by atoms with Gasteiger partial charge in [0.25, 0.3) is 5.56 Å². The molecule has 1 aromatic heterocycles. The van der Waals surface area contributed by atoms with Crippen LogP contribution < -0.4 is 10.9 Å². The van der Waals surface area contributed by atoms with E-state index in [4.69, 9.17) is 9.72 Å². The van der Waals surface area contributed by atoms with Crippen molar-refractivity contribution in [1.82, 2.24) is 14.9 Å². The molecular formula is C24H25N3O4. The van der Waals surface area contributed by atoms with Crippen LogP contribution in [0.4, 0.5) is 4.79 Å². The van der Waals surface area contributed by atoms with Crippen LogP contribution in [0, 0.1) is 0 Å². The quantitative estimate of drug-likeness (QED) is 0.495. The Kier molecular flexibility index (Phi) is 6.34. The van der Waals surface area contributed by atoms with E-state index in [1.807, 2.05) is 18.2 Å². The molecule has 0 bridgehead atoms. The maximum Gasteiger partial charge on any atom is 0.408 e. The highest BCUT2D eigenvalue weighted by Gasteiger charge is 2.23. The van der Waals surface area contributed by atoms with Crippen molar-refractivity contribution in [3.8, 4) is 5.69 Å². The third kappa shape index (κ3) is 5.06. The van der Waals surface area contributed by atoms with Gasteiger partial charge in [-0.2, -0.15) is 0 Å².